The monoisotopic (exact) mass is 282 g/mol. The highest BCUT2D eigenvalue weighted by atomic mass is 19.4. The lowest BCUT2D eigenvalue weighted by Gasteiger charge is -2.07. The van der Waals surface area contributed by atoms with Crippen molar-refractivity contribution in [1.82, 2.24) is 0 Å². The van der Waals surface area contributed by atoms with Gasteiger partial charge >= 0.3 is 6.18 Å². The van der Waals surface area contributed by atoms with Crippen molar-refractivity contribution in [3.63, 3.8) is 0 Å². The summed E-state index contributed by atoms with van der Waals surface area (Å²) >= 11 is 0. The first-order chi connectivity index (χ1) is 8.80. The first kappa shape index (κ1) is 15.4. The van der Waals surface area contributed by atoms with E-state index in [0.717, 1.165) is 12.1 Å². The van der Waals surface area contributed by atoms with Crippen LogP contribution in [0.25, 0.3) is 0 Å². The summed E-state index contributed by atoms with van der Waals surface area (Å²) in [5.74, 6) is -3.60. The molecule has 0 amide bonds. The Bertz CT molecular complexity index is 442. The molecule has 0 aromatic heterocycles. The zero-order chi connectivity index (χ0) is 14.5. The highest BCUT2D eigenvalue weighted by Gasteiger charge is 2.37. The van der Waals surface area contributed by atoms with E-state index in [9.17, 15) is 26.7 Å². The molecule has 1 aromatic carbocycles. The molecule has 7 heteroatoms. The fourth-order valence-corrected chi connectivity index (χ4v) is 1.30. The van der Waals surface area contributed by atoms with Crippen molar-refractivity contribution < 1.29 is 31.5 Å². The van der Waals surface area contributed by atoms with Gasteiger partial charge < -0.3 is 4.74 Å². The molecule has 0 aliphatic carbocycles. The predicted octanol–water partition coefficient (Wildman–Crippen LogP) is 3.65. The Kier molecular flexibility index (Phi) is 5.26. The molecule has 0 N–H and O–H groups in total. The molecular formula is C12H11F5O2. The molecule has 0 saturated carbocycles. The summed E-state index contributed by atoms with van der Waals surface area (Å²) in [6, 6.07) is 2.74. The minimum Gasteiger partial charge on any atom is -0.491 e. The van der Waals surface area contributed by atoms with Crippen LogP contribution < -0.4 is 4.74 Å². The van der Waals surface area contributed by atoms with E-state index < -0.39 is 30.0 Å². The van der Waals surface area contributed by atoms with Crippen LogP contribution >= 0.6 is 0 Å². The number of carbonyl (C=O) groups excluding carboxylic acids is 1. The standard InChI is InChI=1S/C12H11F5O2/c13-8-4-5-10(9(14)7-8)19-6-2-1-3-11(18)12(15,16)17/h4-5,7H,1-3,6H2. The second kappa shape index (κ2) is 6.49. The Morgan fingerprint density at radius 1 is 1.16 bits per heavy atom. The van der Waals surface area contributed by atoms with Crippen molar-refractivity contribution in [2.75, 3.05) is 6.61 Å². The van der Waals surface area contributed by atoms with Gasteiger partial charge in [-0.05, 0) is 25.0 Å². The van der Waals surface area contributed by atoms with Gasteiger partial charge in [-0.25, -0.2) is 8.78 Å². The van der Waals surface area contributed by atoms with Crippen molar-refractivity contribution >= 4 is 5.78 Å². The van der Waals surface area contributed by atoms with Gasteiger partial charge in [-0.2, -0.15) is 13.2 Å². The minimum atomic E-state index is -4.82. The van der Waals surface area contributed by atoms with Crippen LogP contribution in [0.4, 0.5) is 22.0 Å². The predicted molar refractivity (Wildman–Crippen MR) is 56.8 cm³/mol. The van der Waals surface area contributed by atoms with Crippen LogP contribution in [0.3, 0.4) is 0 Å². The quantitative estimate of drug-likeness (QED) is 0.588. The molecule has 0 saturated heterocycles. The summed E-state index contributed by atoms with van der Waals surface area (Å²) in [7, 11) is 0. The molecular weight excluding hydrogens is 271 g/mol. The number of alkyl halides is 3. The summed E-state index contributed by atoms with van der Waals surface area (Å²) in [4.78, 5) is 10.5. The van der Waals surface area contributed by atoms with Gasteiger partial charge in [0.2, 0.25) is 5.78 Å². The summed E-state index contributed by atoms with van der Waals surface area (Å²) < 4.78 is 66.1. The summed E-state index contributed by atoms with van der Waals surface area (Å²) in [6.07, 6.45) is -5.29. The number of benzene rings is 1. The van der Waals surface area contributed by atoms with Gasteiger partial charge in [-0.1, -0.05) is 0 Å². The molecule has 2 nitrogen and oxygen atoms in total. The molecule has 106 valence electrons. The molecule has 0 aliphatic heterocycles. The molecule has 0 radical (unpaired) electrons. The summed E-state index contributed by atoms with van der Waals surface area (Å²) in [6.45, 7) is -0.0479. The average molecular weight is 282 g/mol. The average Bonchev–Trinajstić information content (AvgIpc) is 2.29. The molecule has 0 atom stereocenters. The number of halogens is 5. The first-order valence-corrected chi connectivity index (χ1v) is 5.48. The van der Waals surface area contributed by atoms with E-state index in [2.05, 4.69) is 0 Å². The van der Waals surface area contributed by atoms with Crippen LogP contribution in [0.5, 0.6) is 5.75 Å². The Labute approximate surface area is 106 Å². The van der Waals surface area contributed by atoms with Crippen LogP contribution in [-0.2, 0) is 4.79 Å². The number of ketones is 1. The summed E-state index contributed by atoms with van der Waals surface area (Å²) in [5.41, 5.74) is 0. The number of hydrogen-bond acceptors (Lipinski definition) is 2. The molecule has 1 rings (SSSR count). The zero-order valence-corrected chi connectivity index (χ0v) is 9.77. The lowest BCUT2D eigenvalue weighted by Crippen LogP contribution is -2.22. The van der Waals surface area contributed by atoms with E-state index in [4.69, 9.17) is 4.74 Å². The van der Waals surface area contributed by atoms with E-state index in [1.807, 2.05) is 0 Å². The van der Waals surface area contributed by atoms with Gasteiger partial charge in [0, 0.05) is 12.5 Å². The Morgan fingerprint density at radius 3 is 2.42 bits per heavy atom. The number of unbranched alkanes of at least 4 members (excludes halogenated alkanes) is 1. The maximum Gasteiger partial charge on any atom is 0.449 e. The molecule has 0 unspecified atom stereocenters. The molecule has 0 aliphatic rings. The van der Waals surface area contributed by atoms with E-state index in [1.54, 1.807) is 0 Å². The van der Waals surface area contributed by atoms with Crippen LogP contribution in [0, 0.1) is 11.6 Å². The van der Waals surface area contributed by atoms with Crippen LogP contribution in [0.15, 0.2) is 18.2 Å². The largest absolute Gasteiger partial charge is 0.491 e. The Hall–Kier alpha value is -1.66. The van der Waals surface area contributed by atoms with E-state index >= 15 is 0 Å². The van der Waals surface area contributed by atoms with Gasteiger partial charge in [0.15, 0.2) is 11.6 Å². The van der Waals surface area contributed by atoms with E-state index in [-0.39, 0.29) is 25.2 Å². The second-order valence-electron chi connectivity index (χ2n) is 3.80. The van der Waals surface area contributed by atoms with Crippen molar-refractivity contribution in [3.8, 4) is 5.75 Å². The van der Waals surface area contributed by atoms with Crippen LogP contribution in [-0.4, -0.2) is 18.6 Å². The third kappa shape index (κ3) is 5.23. The molecule has 0 spiro atoms. The van der Waals surface area contributed by atoms with Gasteiger partial charge in [-0.15, -0.1) is 0 Å². The van der Waals surface area contributed by atoms with Crippen LogP contribution in [0.1, 0.15) is 19.3 Å². The van der Waals surface area contributed by atoms with Gasteiger partial charge in [0.1, 0.15) is 5.82 Å². The Balaban J connectivity index is 2.26. The lowest BCUT2D eigenvalue weighted by atomic mass is 10.2. The molecule has 1 aromatic rings. The van der Waals surface area contributed by atoms with Crippen molar-refractivity contribution in [3.05, 3.63) is 29.8 Å². The van der Waals surface area contributed by atoms with E-state index in [0.29, 0.717) is 6.07 Å². The maximum atomic E-state index is 13.1. The highest BCUT2D eigenvalue weighted by Crippen LogP contribution is 2.20. The Morgan fingerprint density at radius 2 is 1.84 bits per heavy atom. The fourth-order valence-electron chi connectivity index (χ4n) is 1.30. The van der Waals surface area contributed by atoms with Crippen molar-refractivity contribution in [2.45, 2.75) is 25.4 Å². The van der Waals surface area contributed by atoms with Crippen molar-refractivity contribution in [1.29, 1.82) is 0 Å². The summed E-state index contributed by atoms with van der Waals surface area (Å²) in [5, 5.41) is 0. The molecule has 0 bridgehead atoms. The lowest BCUT2D eigenvalue weighted by molar-refractivity contribution is -0.171. The van der Waals surface area contributed by atoms with E-state index in [1.165, 1.54) is 0 Å². The fraction of sp³-hybridized carbons (Fsp3) is 0.417. The zero-order valence-electron chi connectivity index (χ0n) is 9.77. The third-order valence-electron chi connectivity index (χ3n) is 2.27. The van der Waals surface area contributed by atoms with Gasteiger partial charge in [0.05, 0.1) is 6.61 Å². The highest BCUT2D eigenvalue weighted by molar-refractivity contribution is 5.83. The van der Waals surface area contributed by atoms with Gasteiger partial charge in [0.25, 0.3) is 0 Å². The number of rotatable bonds is 6. The number of carbonyl (C=O) groups is 1. The SMILES string of the molecule is O=C(CCCCOc1ccc(F)cc1F)C(F)(F)F. The minimum absolute atomic E-state index is 0.0127. The molecule has 0 heterocycles. The third-order valence-corrected chi connectivity index (χ3v) is 2.27. The normalized spacial score (nSPS) is 11.4. The maximum absolute atomic E-state index is 13.1. The number of hydrogen-bond donors (Lipinski definition) is 0. The molecule has 0 fully saturated rings. The molecule has 19 heavy (non-hydrogen) atoms. The topological polar surface area (TPSA) is 26.3 Å². The first-order valence-electron chi connectivity index (χ1n) is 5.48. The second-order valence-corrected chi connectivity index (χ2v) is 3.80. The van der Waals surface area contributed by atoms with Crippen LogP contribution in [0.2, 0.25) is 0 Å². The van der Waals surface area contributed by atoms with Gasteiger partial charge in [-0.3, -0.25) is 4.79 Å². The smallest absolute Gasteiger partial charge is 0.449 e. The number of ether oxygens (including phenoxy) is 1. The number of Topliss-reactive ketones (excluding diaryl/α,β-unsaturated/α-hetero) is 1. The van der Waals surface area contributed by atoms with Crippen molar-refractivity contribution in [2.24, 2.45) is 0 Å².